The fourth-order valence-corrected chi connectivity index (χ4v) is 4.58. The largest absolute Gasteiger partial charge is 0.459 e. The number of hydrogen-bond donors (Lipinski definition) is 2. The topological polar surface area (TPSA) is 67.2 Å². The van der Waals surface area contributed by atoms with Gasteiger partial charge >= 0.3 is 0 Å². The molecule has 4 aromatic rings. The number of carbonyl (C=O) groups excluding carboxylic acids is 1. The van der Waals surface area contributed by atoms with E-state index in [1.807, 2.05) is 37.3 Å². The molecule has 1 aromatic carbocycles. The molecule has 7 heteroatoms. The minimum absolute atomic E-state index is 0.189. The molecule has 0 aliphatic rings. The summed E-state index contributed by atoms with van der Waals surface area (Å²) < 4.78 is 6.28. The first-order valence-electron chi connectivity index (χ1n) is 9.96. The van der Waals surface area contributed by atoms with Crippen LogP contribution in [0.2, 0.25) is 0 Å². The number of hydrogen-bond acceptors (Lipinski definition) is 5. The molecular weight excluding hydrogens is 474 g/mol. The second kappa shape index (κ2) is 9.49. The number of anilines is 2. The van der Waals surface area contributed by atoms with E-state index in [9.17, 15) is 4.79 Å². The standard InChI is InChI=1S/C24H22BrN3O2S/c1-3-18-14-19(24(31-18)28-23(29)20-7-5-13-30-20)22(16-9-11-17(25)12-10-16)27-21-8-4-6-15(2)26-21/h4-14,22H,3H2,1-2H3,(H,26,27)(H,28,29). The third-order valence-electron chi connectivity index (χ3n) is 4.83. The van der Waals surface area contributed by atoms with Crippen molar-refractivity contribution in [2.45, 2.75) is 26.3 Å². The summed E-state index contributed by atoms with van der Waals surface area (Å²) in [7, 11) is 0. The van der Waals surface area contributed by atoms with Crippen LogP contribution in [-0.2, 0) is 6.42 Å². The van der Waals surface area contributed by atoms with Gasteiger partial charge in [0.15, 0.2) is 5.76 Å². The van der Waals surface area contributed by atoms with E-state index in [-0.39, 0.29) is 17.7 Å². The van der Waals surface area contributed by atoms with Crippen LogP contribution in [0.4, 0.5) is 10.8 Å². The molecule has 1 unspecified atom stereocenters. The minimum Gasteiger partial charge on any atom is -0.459 e. The molecule has 0 saturated heterocycles. The van der Waals surface area contributed by atoms with Gasteiger partial charge in [-0.05, 0) is 61.4 Å². The van der Waals surface area contributed by atoms with Gasteiger partial charge in [0.1, 0.15) is 10.8 Å². The molecule has 2 N–H and O–H groups in total. The average molecular weight is 496 g/mol. The van der Waals surface area contributed by atoms with Crippen molar-refractivity contribution in [1.29, 1.82) is 0 Å². The van der Waals surface area contributed by atoms with Crippen LogP contribution in [0.25, 0.3) is 0 Å². The SMILES string of the molecule is CCc1cc(C(Nc2cccc(C)n2)c2ccc(Br)cc2)c(NC(=O)c2ccco2)s1. The summed E-state index contributed by atoms with van der Waals surface area (Å²) in [5, 5.41) is 7.40. The lowest BCUT2D eigenvalue weighted by Crippen LogP contribution is -2.17. The molecular formula is C24H22BrN3O2S. The van der Waals surface area contributed by atoms with E-state index < -0.39 is 0 Å². The summed E-state index contributed by atoms with van der Waals surface area (Å²) in [4.78, 5) is 18.5. The number of thiophene rings is 1. The van der Waals surface area contributed by atoms with Gasteiger partial charge in [0, 0.05) is 20.6 Å². The second-order valence-electron chi connectivity index (χ2n) is 7.08. The predicted octanol–water partition coefficient (Wildman–Crippen LogP) is 6.82. The summed E-state index contributed by atoms with van der Waals surface area (Å²) in [5.41, 5.74) is 3.00. The predicted molar refractivity (Wildman–Crippen MR) is 129 cm³/mol. The number of aryl methyl sites for hydroxylation is 2. The highest BCUT2D eigenvalue weighted by Crippen LogP contribution is 2.38. The number of halogens is 1. The number of amides is 1. The second-order valence-corrected chi connectivity index (χ2v) is 9.13. The lowest BCUT2D eigenvalue weighted by molar-refractivity contribution is 0.0997. The Hall–Kier alpha value is -2.90. The zero-order valence-electron chi connectivity index (χ0n) is 17.2. The Morgan fingerprint density at radius 2 is 1.97 bits per heavy atom. The maximum Gasteiger partial charge on any atom is 0.291 e. The van der Waals surface area contributed by atoms with Gasteiger partial charge in [0.25, 0.3) is 5.91 Å². The number of nitrogens with zero attached hydrogens (tertiary/aromatic N) is 1. The molecule has 31 heavy (non-hydrogen) atoms. The molecule has 4 rings (SSSR count). The summed E-state index contributed by atoms with van der Waals surface area (Å²) in [6.45, 7) is 4.08. The monoisotopic (exact) mass is 495 g/mol. The first kappa shape index (κ1) is 21.3. The molecule has 3 aromatic heterocycles. The number of carbonyl (C=O) groups is 1. The van der Waals surface area contributed by atoms with Gasteiger partial charge in [0.05, 0.1) is 12.3 Å². The Bertz CT molecular complexity index is 1170. The number of rotatable bonds is 7. The Kier molecular flexibility index (Phi) is 6.53. The van der Waals surface area contributed by atoms with Crippen molar-refractivity contribution in [1.82, 2.24) is 4.98 Å². The molecule has 3 heterocycles. The molecule has 1 atom stereocenters. The summed E-state index contributed by atoms with van der Waals surface area (Å²) in [6.07, 6.45) is 2.38. The van der Waals surface area contributed by atoms with Crippen LogP contribution < -0.4 is 10.6 Å². The summed E-state index contributed by atoms with van der Waals surface area (Å²) >= 11 is 5.10. The average Bonchev–Trinajstić information content (AvgIpc) is 3.43. The first-order valence-corrected chi connectivity index (χ1v) is 11.6. The van der Waals surface area contributed by atoms with Gasteiger partial charge < -0.3 is 15.1 Å². The Labute approximate surface area is 193 Å². The maximum atomic E-state index is 12.7. The van der Waals surface area contributed by atoms with Crippen molar-refractivity contribution in [2.24, 2.45) is 0 Å². The molecule has 0 aliphatic carbocycles. The van der Waals surface area contributed by atoms with Crippen molar-refractivity contribution in [3.8, 4) is 0 Å². The van der Waals surface area contributed by atoms with Gasteiger partial charge in [-0.2, -0.15) is 0 Å². The van der Waals surface area contributed by atoms with E-state index in [1.165, 1.54) is 11.1 Å². The van der Waals surface area contributed by atoms with Crippen LogP contribution in [-0.4, -0.2) is 10.9 Å². The molecule has 0 bridgehead atoms. The number of furan rings is 1. The van der Waals surface area contributed by atoms with Gasteiger partial charge in [-0.25, -0.2) is 4.98 Å². The smallest absolute Gasteiger partial charge is 0.291 e. The lowest BCUT2D eigenvalue weighted by Gasteiger charge is -2.21. The molecule has 0 radical (unpaired) electrons. The zero-order chi connectivity index (χ0) is 21.8. The fraction of sp³-hybridized carbons (Fsp3) is 0.167. The van der Waals surface area contributed by atoms with Crippen molar-refractivity contribution < 1.29 is 9.21 Å². The zero-order valence-corrected chi connectivity index (χ0v) is 19.6. The Morgan fingerprint density at radius 3 is 2.65 bits per heavy atom. The number of nitrogens with one attached hydrogen (secondary N) is 2. The van der Waals surface area contributed by atoms with Crippen LogP contribution in [0.15, 0.2) is 75.8 Å². The first-order chi connectivity index (χ1) is 15.0. The van der Waals surface area contributed by atoms with E-state index in [1.54, 1.807) is 23.5 Å². The third kappa shape index (κ3) is 5.06. The van der Waals surface area contributed by atoms with E-state index in [0.29, 0.717) is 0 Å². The highest BCUT2D eigenvalue weighted by molar-refractivity contribution is 9.10. The molecule has 5 nitrogen and oxygen atoms in total. The number of aromatic nitrogens is 1. The van der Waals surface area contributed by atoms with E-state index in [0.717, 1.165) is 38.5 Å². The van der Waals surface area contributed by atoms with Gasteiger partial charge in [-0.1, -0.05) is 41.1 Å². The number of benzene rings is 1. The summed E-state index contributed by atoms with van der Waals surface area (Å²) in [5.74, 6) is 0.797. The Balaban J connectivity index is 1.75. The highest BCUT2D eigenvalue weighted by Gasteiger charge is 2.23. The normalized spacial score (nSPS) is 11.8. The Morgan fingerprint density at radius 1 is 1.16 bits per heavy atom. The van der Waals surface area contributed by atoms with E-state index in [2.05, 4.69) is 56.7 Å². The van der Waals surface area contributed by atoms with Gasteiger partial charge in [0.2, 0.25) is 0 Å². The van der Waals surface area contributed by atoms with Crippen LogP contribution in [0.1, 0.15) is 45.2 Å². The van der Waals surface area contributed by atoms with Crippen LogP contribution in [0.5, 0.6) is 0 Å². The molecule has 1 amide bonds. The third-order valence-corrected chi connectivity index (χ3v) is 6.57. The molecule has 0 spiro atoms. The van der Waals surface area contributed by atoms with Crippen LogP contribution >= 0.6 is 27.3 Å². The van der Waals surface area contributed by atoms with Gasteiger partial charge in [-0.15, -0.1) is 11.3 Å². The molecule has 158 valence electrons. The quantitative estimate of drug-likeness (QED) is 0.295. The molecule has 0 aliphatic heterocycles. The number of pyridine rings is 1. The van der Waals surface area contributed by atoms with Crippen molar-refractivity contribution >= 4 is 44.0 Å². The van der Waals surface area contributed by atoms with E-state index in [4.69, 9.17) is 4.42 Å². The van der Waals surface area contributed by atoms with Gasteiger partial charge in [-0.3, -0.25) is 4.79 Å². The molecule has 0 saturated carbocycles. The van der Waals surface area contributed by atoms with Crippen LogP contribution in [0.3, 0.4) is 0 Å². The summed E-state index contributed by atoms with van der Waals surface area (Å²) in [6, 6.07) is 19.4. The fourth-order valence-electron chi connectivity index (χ4n) is 3.28. The van der Waals surface area contributed by atoms with Crippen molar-refractivity contribution in [3.05, 3.63) is 98.9 Å². The van der Waals surface area contributed by atoms with E-state index >= 15 is 0 Å². The maximum absolute atomic E-state index is 12.7. The van der Waals surface area contributed by atoms with Crippen LogP contribution in [0, 0.1) is 6.92 Å². The molecule has 0 fully saturated rings. The van der Waals surface area contributed by atoms with Crippen molar-refractivity contribution in [3.63, 3.8) is 0 Å². The lowest BCUT2D eigenvalue weighted by atomic mass is 9.99. The minimum atomic E-state index is -0.265. The van der Waals surface area contributed by atoms with Crippen molar-refractivity contribution in [2.75, 3.05) is 10.6 Å². The highest BCUT2D eigenvalue weighted by atomic mass is 79.9.